The summed E-state index contributed by atoms with van der Waals surface area (Å²) < 4.78 is 71.4. The minimum atomic E-state index is -4.82. The van der Waals surface area contributed by atoms with Gasteiger partial charge in [0.2, 0.25) is 5.91 Å². The average molecular weight is 564 g/mol. The maximum absolute atomic E-state index is 14.2. The van der Waals surface area contributed by atoms with E-state index in [2.05, 4.69) is 10.1 Å². The van der Waals surface area contributed by atoms with Gasteiger partial charge in [-0.05, 0) is 24.3 Å². The zero-order valence-corrected chi connectivity index (χ0v) is 20.9. The lowest BCUT2D eigenvalue weighted by atomic mass is 9.86. The number of aromatic nitrogens is 1. The van der Waals surface area contributed by atoms with Crippen molar-refractivity contribution in [3.05, 3.63) is 62.9 Å². The van der Waals surface area contributed by atoms with Gasteiger partial charge in [-0.1, -0.05) is 28.4 Å². The molecule has 1 aromatic carbocycles. The smallest absolute Gasteiger partial charge is 0.374 e. The van der Waals surface area contributed by atoms with Crippen LogP contribution in [0.5, 0.6) is 0 Å². The molecule has 0 saturated carbocycles. The van der Waals surface area contributed by atoms with E-state index < -0.39 is 45.3 Å². The summed E-state index contributed by atoms with van der Waals surface area (Å²) in [6, 6.07) is 5.25. The maximum atomic E-state index is 14.2. The third-order valence-corrected chi connectivity index (χ3v) is 7.59. The number of carbonyl (C=O) groups is 1. The molecule has 192 valence electrons. The molecular weight excluding hydrogens is 546 g/mol. The molecule has 1 atom stereocenters. The van der Waals surface area contributed by atoms with Crippen LogP contribution >= 0.6 is 23.2 Å². The Bertz CT molecular complexity index is 1390. The minimum absolute atomic E-state index is 0.0318. The SMILES string of the molecule is CS(=O)(=O)CC(=O)N1CC2(C1)OCc1cc(C3=NOC(c4cc(Cl)cc(Cl)c4)(C(F)(F)F)C3)cnc12. The van der Waals surface area contributed by atoms with E-state index in [-0.39, 0.29) is 41.0 Å². The van der Waals surface area contributed by atoms with E-state index in [1.807, 2.05) is 0 Å². The van der Waals surface area contributed by atoms with Crippen LogP contribution < -0.4 is 0 Å². The highest BCUT2D eigenvalue weighted by Gasteiger charge is 2.62. The second-order valence-electron chi connectivity index (χ2n) is 9.12. The van der Waals surface area contributed by atoms with Gasteiger partial charge >= 0.3 is 6.18 Å². The van der Waals surface area contributed by atoms with Gasteiger partial charge in [0.1, 0.15) is 11.4 Å². The van der Waals surface area contributed by atoms with E-state index in [9.17, 15) is 26.4 Å². The lowest BCUT2D eigenvalue weighted by Crippen LogP contribution is -2.62. The molecule has 0 radical (unpaired) electrons. The van der Waals surface area contributed by atoms with Crippen LogP contribution in [0.1, 0.15) is 28.8 Å². The summed E-state index contributed by atoms with van der Waals surface area (Å²) >= 11 is 11.9. The zero-order valence-electron chi connectivity index (χ0n) is 18.6. The molecule has 1 aromatic heterocycles. The monoisotopic (exact) mass is 563 g/mol. The predicted molar refractivity (Wildman–Crippen MR) is 123 cm³/mol. The first kappa shape index (κ1) is 25.2. The number of alkyl halides is 3. The number of oxime groups is 1. The molecule has 0 bridgehead atoms. The van der Waals surface area contributed by atoms with Crippen molar-refractivity contribution in [1.82, 2.24) is 9.88 Å². The van der Waals surface area contributed by atoms with Crippen LogP contribution in [0.2, 0.25) is 10.0 Å². The van der Waals surface area contributed by atoms with Gasteiger partial charge in [0.25, 0.3) is 5.60 Å². The van der Waals surface area contributed by atoms with Gasteiger partial charge in [0.05, 0.1) is 37.5 Å². The van der Waals surface area contributed by atoms with E-state index >= 15 is 0 Å². The zero-order chi connectivity index (χ0) is 26.1. The molecule has 3 aliphatic heterocycles. The van der Waals surface area contributed by atoms with Crippen LogP contribution in [-0.4, -0.2) is 61.2 Å². The van der Waals surface area contributed by atoms with Gasteiger partial charge in [0.15, 0.2) is 9.84 Å². The number of sulfone groups is 1. The summed E-state index contributed by atoms with van der Waals surface area (Å²) in [5, 5.41) is 3.81. The summed E-state index contributed by atoms with van der Waals surface area (Å²) in [7, 11) is -3.47. The van der Waals surface area contributed by atoms with E-state index in [1.54, 1.807) is 6.07 Å². The van der Waals surface area contributed by atoms with Gasteiger partial charge < -0.3 is 14.5 Å². The van der Waals surface area contributed by atoms with E-state index in [4.69, 9.17) is 32.8 Å². The van der Waals surface area contributed by atoms with Crippen molar-refractivity contribution in [2.45, 2.75) is 30.4 Å². The number of nitrogens with zero attached hydrogens (tertiary/aromatic N) is 3. The Morgan fingerprint density at radius 3 is 2.44 bits per heavy atom. The van der Waals surface area contributed by atoms with E-state index in [0.29, 0.717) is 16.8 Å². The number of halogens is 5. The molecule has 0 aliphatic carbocycles. The Morgan fingerprint density at radius 2 is 1.83 bits per heavy atom. The summed E-state index contributed by atoms with van der Waals surface area (Å²) in [4.78, 5) is 23.0. The number of likely N-dealkylation sites (tertiary alicyclic amines) is 1. The van der Waals surface area contributed by atoms with Crippen molar-refractivity contribution >= 4 is 44.7 Å². The summed E-state index contributed by atoms with van der Waals surface area (Å²) in [6.07, 6.45) is -3.07. The van der Waals surface area contributed by atoms with Crippen molar-refractivity contribution in [3.8, 4) is 0 Å². The van der Waals surface area contributed by atoms with Crippen LogP contribution in [0.4, 0.5) is 13.2 Å². The lowest BCUT2D eigenvalue weighted by molar-refractivity contribution is -0.275. The van der Waals surface area contributed by atoms with Crippen LogP contribution in [-0.2, 0) is 42.0 Å². The molecule has 1 spiro atoms. The number of hydrogen-bond acceptors (Lipinski definition) is 7. The summed E-state index contributed by atoms with van der Waals surface area (Å²) in [5.41, 5.74) is -2.34. The lowest BCUT2D eigenvalue weighted by Gasteiger charge is -2.46. The Morgan fingerprint density at radius 1 is 1.17 bits per heavy atom. The number of amides is 1. The quantitative estimate of drug-likeness (QED) is 0.564. The molecular formula is C22H18Cl2F3N3O5S. The molecule has 36 heavy (non-hydrogen) atoms. The van der Waals surface area contributed by atoms with Gasteiger partial charge in [-0.15, -0.1) is 0 Å². The number of carbonyl (C=O) groups excluding carboxylic acids is 1. The van der Waals surface area contributed by atoms with Crippen LogP contribution in [0, 0.1) is 0 Å². The van der Waals surface area contributed by atoms with Gasteiger partial charge in [-0.25, -0.2) is 8.42 Å². The number of ether oxygens (including phenoxy) is 1. The molecule has 4 heterocycles. The first-order valence-corrected chi connectivity index (χ1v) is 13.4. The van der Waals surface area contributed by atoms with E-state index in [1.165, 1.54) is 17.2 Å². The number of fused-ring (bicyclic) bond motifs is 2. The first-order chi connectivity index (χ1) is 16.7. The fourth-order valence-electron chi connectivity index (χ4n) is 4.62. The highest BCUT2D eigenvalue weighted by molar-refractivity contribution is 7.91. The molecule has 1 saturated heterocycles. The van der Waals surface area contributed by atoms with Crippen LogP contribution in [0.25, 0.3) is 0 Å². The predicted octanol–water partition coefficient (Wildman–Crippen LogP) is 3.58. The Kier molecular flexibility index (Phi) is 5.82. The van der Waals surface area contributed by atoms with Crippen molar-refractivity contribution in [1.29, 1.82) is 0 Å². The Balaban J connectivity index is 1.37. The Labute approximate surface area is 213 Å². The molecule has 1 unspecified atom stereocenters. The number of hydrogen-bond donors (Lipinski definition) is 0. The molecule has 14 heteroatoms. The highest BCUT2D eigenvalue weighted by Crippen LogP contribution is 2.50. The minimum Gasteiger partial charge on any atom is -0.374 e. The Hall–Kier alpha value is -2.41. The second-order valence-corrected chi connectivity index (χ2v) is 12.1. The average Bonchev–Trinajstić information content (AvgIpc) is 3.33. The third kappa shape index (κ3) is 4.23. The summed E-state index contributed by atoms with van der Waals surface area (Å²) in [5.74, 6) is -1.13. The van der Waals surface area contributed by atoms with Gasteiger partial charge in [-0.3, -0.25) is 9.78 Å². The largest absolute Gasteiger partial charge is 0.435 e. The van der Waals surface area contributed by atoms with Crippen molar-refractivity contribution in [2.75, 3.05) is 25.1 Å². The topological polar surface area (TPSA) is 98.2 Å². The molecule has 8 nitrogen and oxygen atoms in total. The van der Waals surface area contributed by atoms with Crippen LogP contribution in [0.15, 0.2) is 35.6 Å². The standard InChI is InChI=1S/C22H18Cl2F3N3O5S/c1-36(32,33)9-18(31)30-10-20(11-30)19-13(8-34-20)2-12(7-28-19)17-6-21(35-29-17,22(25,26)27)14-3-15(23)5-16(24)4-14/h2-5,7H,6,8-11H2,1H3. The first-order valence-electron chi connectivity index (χ1n) is 10.6. The normalized spacial score (nSPS) is 22.7. The maximum Gasteiger partial charge on any atom is 0.435 e. The van der Waals surface area contributed by atoms with Crippen molar-refractivity contribution < 1.29 is 36.0 Å². The molecule has 3 aliphatic rings. The van der Waals surface area contributed by atoms with Crippen molar-refractivity contribution in [2.24, 2.45) is 5.16 Å². The van der Waals surface area contributed by atoms with Gasteiger partial charge in [-0.2, -0.15) is 13.2 Å². The molecule has 5 rings (SSSR count). The third-order valence-electron chi connectivity index (χ3n) is 6.38. The highest BCUT2D eigenvalue weighted by atomic mass is 35.5. The molecule has 1 fully saturated rings. The van der Waals surface area contributed by atoms with Crippen molar-refractivity contribution in [3.63, 3.8) is 0 Å². The summed E-state index contributed by atoms with van der Waals surface area (Å²) in [6.45, 7) is 0.404. The van der Waals surface area contributed by atoms with E-state index in [0.717, 1.165) is 18.4 Å². The fourth-order valence-corrected chi connectivity index (χ4v) is 5.78. The number of pyridine rings is 1. The molecule has 0 N–H and O–H groups in total. The number of rotatable bonds is 4. The van der Waals surface area contributed by atoms with Crippen LogP contribution in [0.3, 0.4) is 0 Å². The number of benzene rings is 1. The second kappa shape index (κ2) is 8.30. The molecule has 1 amide bonds. The fraction of sp³-hybridized carbons (Fsp3) is 0.409. The molecule has 2 aromatic rings. The van der Waals surface area contributed by atoms with Gasteiger partial charge in [0, 0.05) is 39.2 Å².